The van der Waals surface area contributed by atoms with Gasteiger partial charge in [0.2, 0.25) is 0 Å². The van der Waals surface area contributed by atoms with Crippen molar-refractivity contribution >= 4 is 15.9 Å². The van der Waals surface area contributed by atoms with Gasteiger partial charge in [0.25, 0.3) is 0 Å². The topological polar surface area (TPSA) is 17.8 Å². The average Bonchev–Trinajstić information content (AvgIpc) is 2.74. The van der Waals surface area contributed by atoms with E-state index in [1.54, 1.807) is 0 Å². The number of aromatic nitrogens is 2. The number of alkyl halides is 1. The Morgan fingerprint density at radius 1 is 1.37 bits per heavy atom. The van der Waals surface area contributed by atoms with Crippen LogP contribution in [0.5, 0.6) is 0 Å². The van der Waals surface area contributed by atoms with E-state index < -0.39 is 0 Å². The molecule has 2 nitrogen and oxygen atoms in total. The Morgan fingerprint density at radius 2 is 2.16 bits per heavy atom. The van der Waals surface area contributed by atoms with Crippen LogP contribution in [-0.2, 0) is 13.0 Å². The minimum Gasteiger partial charge on any atom is -0.270 e. The van der Waals surface area contributed by atoms with Crippen molar-refractivity contribution in [2.24, 2.45) is 11.8 Å². The van der Waals surface area contributed by atoms with Crippen LogP contribution in [0, 0.1) is 18.8 Å². The molecule has 3 heteroatoms. The fourth-order valence-corrected chi connectivity index (χ4v) is 4.18. The van der Waals surface area contributed by atoms with Crippen LogP contribution in [-0.4, -0.2) is 14.6 Å². The van der Waals surface area contributed by atoms with Gasteiger partial charge in [0.15, 0.2) is 0 Å². The van der Waals surface area contributed by atoms with Gasteiger partial charge >= 0.3 is 0 Å². The summed E-state index contributed by atoms with van der Waals surface area (Å²) in [6.07, 6.45) is 8.06. The molecular formula is C16H27BrN2. The van der Waals surface area contributed by atoms with Crippen molar-refractivity contribution in [3.05, 3.63) is 17.5 Å². The number of hydrogen-bond donors (Lipinski definition) is 0. The van der Waals surface area contributed by atoms with Crippen molar-refractivity contribution in [1.29, 1.82) is 0 Å². The normalized spacial score (nSPS) is 27.7. The maximum Gasteiger partial charge on any atom is 0.0596 e. The molecule has 1 aromatic heterocycles. The van der Waals surface area contributed by atoms with Gasteiger partial charge in [-0.3, -0.25) is 4.68 Å². The SMILES string of the molecule is CCCC1CCC(Br)C(Cc2cc(C)nn2CC)C1. The molecule has 0 aliphatic heterocycles. The molecule has 0 saturated heterocycles. The molecule has 0 spiro atoms. The Kier molecular flexibility index (Phi) is 5.49. The molecule has 0 aromatic carbocycles. The molecule has 1 aliphatic rings. The summed E-state index contributed by atoms with van der Waals surface area (Å²) in [4.78, 5) is 0.695. The van der Waals surface area contributed by atoms with Gasteiger partial charge in [-0.15, -0.1) is 0 Å². The summed E-state index contributed by atoms with van der Waals surface area (Å²) >= 11 is 3.91. The quantitative estimate of drug-likeness (QED) is 0.715. The predicted octanol–water partition coefficient (Wildman–Crippen LogP) is 4.73. The Labute approximate surface area is 126 Å². The van der Waals surface area contributed by atoms with Crippen LogP contribution < -0.4 is 0 Å². The van der Waals surface area contributed by atoms with Gasteiger partial charge in [0.1, 0.15) is 0 Å². The van der Waals surface area contributed by atoms with Crippen molar-refractivity contribution in [2.45, 2.75) is 70.7 Å². The summed E-state index contributed by atoms with van der Waals surface area (Å²) in [5.41, 5.74) is 2.58. The van der Waals surface area contributed by atoms with Crippen LogP contribution in [0.4, 0.5) is 0 Å². The molecule has 1 saturated carbocycles. The predicted molar refractivity (Wildman–Crippen MR) is 84.8 cm³/mol. The summed E-state index contributed by atoms with van der Waals surface area (Å²) in [7, 11) is 0. The van der Waals surface area contributed by atoms with E-state index in [4.69, 9.17) is 0 Å². The molecule has 0 radical (unpaired) electrons. The lowest BCUT2D eigenvalue weighted by molar-refractivity contribution is 0.260. The van der Waals surface area contributed by atoms with Crippen molar-refractivity contribution in [3.8, 4) is 0 Å². The summed E-state index contributed by atoms with van der Waals surface area (Å²) in [6, 6.07) is 2.27. The van der Waals surface area contributed by atoms with Crippen molar-refractivity contribution in [2.75, 3.05) is 0 Å². The molecule has 3 unspecified atom stereocenters. The average molecular weight is 327 g/mol. The number of aryl methyl sites for hydroxylation is 2. The smallest absolute Gasteiger partial charge is 0.0596 e. The van der Waals surface area contributed by atoms with Gasteiger partial charge in [-0.1, -0.05) is 35.7 Å². The van der Waals surface area contributed by atoms with Crippen molar-refractivity contribution < 1.29 is 0 Å². The molecule has 108 valence electrons. The third-order valence-corrected chi connectivity index (χ3v) is 5.66. The molecule has 3 atom stereocenters. The van der Waals surface area contributed by atoms with Gasteiger partial charge in [0, 0.05) is 17.1 Å². The number of halogens is 1. The van der Waals surface area contributed by atoms with E-state index in [-0.39, 0.29) is 0 Å². The first kappa shape index (κ1) is 15.1. The van der Waals surface area contributed by atoms with E-state index in [1.807, 2.05) is 0 Å². The second kappa shape index (κ2) is 6.92. The zero-order valence-corrected chi connectivity index (χ0v) is 14.1. The molecule has 1 aromatic rings. The zero-order valence-electron chi connectivity index (χ0n) is 12.5. The summed E-state index contributed by atoms with van der Waals surface area (Å²) in [5, 5.41) is 4.58. The van der Waals surface area contributed by atoms with Gasteiger partial charge in [-0.2, -0.15) is 5.10 Å². The van der Waals surface area contributed by atoms with Crippen molar-refractivity contribution in [3.63, 3.8) is 0 Å². The van der Waals surface area contributed by atoms with Crippen LogP contribution in [0.3, 0.4) is 0 Å². The van der Waals surface area contributed by atoms with E-state index in [9.17, 15) is 0 Å². The number of hydrogen-bond acceptors (Lipinski definition) is 1. The molecule has 1 heterocycles. The van der Waals surface area contributed by atoms with E-state index in [1.165, 1.54) is 44.2 Å². The first-order valence-electron chi connectivity index (χ1n) is 7.81. The summed E-state index contributed by atoms with van der Waals surface area (Å²) in [6.45, 7) is 7.58. The second-order valence-electron chi connectivity index (χ2n) is 6.04. The van der Waals surface area contributed by atoms with E-state index >= 15 is 0 Å². The van der Waals surface area contributed by atoms with Crippen LogP contribution >= 0.6 is 15.9 Å². The standard InChI is InChI=1S/C16H27BrN2/c1-4-6-13-7-8-16(17)14(10-13)11-15-9-12(3)18-19(15)5-2/h9,13-14,16H,4-8,10-11H2,1-3H3. The highest BCUT2D eigenvalue weighted by atomic mass is 79.9. The molecule has 0 bridgehead atoms. The molecule has 1 aliphatic carbocycles. The lowest BCUT2D eigenvalue weighted by atomic mass is 9.77. The monoisotopic (exact) mass is 326 g/mol. The molecule has 0 N–H and O–H groups in total. The first-order valence-corrected chi connectivity index (χ1v) is 8.73. The minimum absolute atomic E-state index is 0.695. The Bertz CT molecular complexity index is 399. The minimum atomic E-state index is 0.695. The van der Waals surface area contributed by atoms with Crippen molar-refractivity contribution in [1.82, 2.24) is 9.78 Å². The van der Waals surface area contributed by atoms with E-state index in [0.29, 0.717) is 4.83 Å². The van der Waals surface area contributed by atoms with Crippen LogP contribution in [0.15, 0.2) is 6.07 Å². The van der Waals surface area contributed by atoms with Crippen LogP contribution in [0.1, 0.15) is 57.3 Å². The summed E-state index contributed by atoms with van der Waals surface area (Å²) < 4.78 is 2.18. The van der Waals surface area contributed by atoms with E-state index in [0.717, 1.165) is 24.1 Å². The highest BCUT2D eigenvalue weighted by Crippen LogP contribution is 2.37. The Hall–Kier alpha value is -0.310. The third kappa shape index (κ3) is 3.84. The third-order valence-electron chi connectivity index (χ3n) is 4.45. The van der Waals surface area contributed by atoms with Gasteiger partial charge in [-0.05, 0) is 57.4 Å². The fraction of sp³-hybridized carbons (Fsp3) is 0.812. The van der Waals surface area contributed by atoms with Gasteiger partial charge in [0.05, 0.1) is 5.69 Å². The van der Waals surface area contributed by atoms with Gasteiger partial charge < -0.3 is 0 Å². The summed E-state index contributed by atoms with van der Waals surface area (Å²) in [5.74, 6) is 1.73. The maximum absolute atomic E-state index is 4.58. The number of nitrogens with zero attached hydrogens (tertiary/aromatic N) is 2. The molecular weight excluding hydrogens is 300 g/mol. The molecule has 1 fully saturated rings. The molecule has 0 amide bonds. The van der Waals surface area contributed by atoms with Gasteiger partial charge in [-0.25, -0.2) is 0 Å². The molecule has 19 heavy (non-hydrogen) atoms. The van der Waals surface area contributed by atoms with Crippen LogP contribution in [0.2, 0.25) is 0 Å². The Morgan fingerprint density at radius 3 is 2.84 bits per heavy atom. The maximum atomic E-state index is 4.58. The van der Waals surface area contributed by atoms with Crippen LogP contribution in [0.25, 0.3) is 0 Å². The molecule has 2 rings (SSSR count). The first-order chi connectivity index (χ1) is 9.13. The Balaban J connectivity index is 2.03. The number of rotatable bonds is 5. The lowest BCUT2D eigenvalue weighted by Gasteiger charge is -2.33. The lowest BCUT2D eigenvalue weighted by Crippen LogP contribution is -2.27. The fourth-order valence-electron chi connectivity index (χ4n) is 3.51. The second-order valence-corrected chi connectivity index (χ2v) is 7.22. The highest BCUT2D eigenvalue weighted by Gasteiger charge is 2.29. The highest BCUT2D eigenvalue weighted by molar-refractivity contribution is 9.09. The van der Waals surface area contributed by atoms with E-state index in [2.05, 4.69) is 52.5 Å². The zero-order chi connectivity index (χ0) is 13.8. The largest absolute Gasteiger partial charge is 0.270 e.